The number of rotatable bonds is 8. The molecule has 0 radical (unpaired) electrons. The van der Waals surface area contributed by atoms with Gasteiger partial charge in [0, 0.05) is 59.8 Å². The van der Waals surface area contributed by atoms with Gasteiger partial charge in [-0.05, 0) is 83.4 Å². The zero-order chi connectivity index (χ0) is 53.8. The van der Waals surface area contributed by atoms with Crippen molar-refractivity contribution in [1.29, 1.82) is 0 Å². The Hall–Kier alpha value is -11.1. The molecule has 0 saturated heterocycles. The molecule has 17 rings (SSSR count). The van der Waals surface area contributed by atoms with Crippen LogP contribution in [0.5, 0.6) is 0 Å². The van der Waals surface area contributed by atoms with Crippen LogP contribution in [0.2, 0.25) is 0 Å². The summed E-state index contributed by atoms with van der Waals surface area (Å²) in [5, 5.41) is 9.27. The fourth-order valence-electron chi connectivity index (χ4n) is 13.2. The van der Waals surface area contributed by atoms with E-state index in [1.807, 2.05) is 0 Å². The van der Waals surface area contributed by atoms with Gasteiger partial charge in [-0.2, -0.15) is 0 Å². The fourth-order valence-corrected chi connectivity index (χ4v) is 13.2. The van der Waals surface area contributed by atoms with Gasteiger partial charge < -0.3 is 9.13 Å². The van der Waals surface area contributed by atoms with E-state index in [1.54, 1.807) is 0 Å². The predicted molar refractivity (Wildman–Crippen MR) is 341 cm³/mol. The Morgan fingerprint density at radius 3 is 0.793 bits per heavy atom. The Morgan fingerprint density at radius 2 is 0.463 bits per heavy atom. The van der Waals surface area contributed by atoms with Gasteiger partial charge in [0.1, 0.15) is 11.4 Å². The molecule has 0 amide bonds. The molecule has 6 nitrogen and oxygen atoms in total. The lowest BCUT2D eigenvalue weighted by atomic mass is 9.94. The highest BCUT2D eigenvalue weighted by atomic mass is 15.2. The van der Waals surface area contributed by atoms with Crippen LogP contribution in [-0.2, 0) is 0 Å². The van der Waals surface area contributed by atoms with Crippen LogP contribution in [0.25, 0.3) is 155 Å². The second-order valence-electron chi connectivity index (χ2n) is 21.2. The lowest BCUT2D eigenvalue weighted by molar-refractivity contribution is 0.961. The number of para-hydroxylation sites is 8. The molecule has 6 heterocycles. The molecule has 0 aliphatic heterocycles. The van der Waals surface area contributed by atoms with Crippen molar-refractivity contribution in [1.82, 2.24) is 28.2 Å². The van der Waals surface area contributed by atoms with Crippen LogP contribution in [0.3, 0.4) is 0 Å². The highest BCUT2D eigenvalue weighted by molar-refractivity contribution is 6.16. The van der Waals surface area contributed by atoms with Gasteiger partial charge >= 0.3 is 0 Å². The summed E-state index contributed by atoms with van der Waals surface area (Å²) in [6.07, 6.45) is 0. The van der Waals surface area contributed by atoms with Crippen molar-refractivity contribution in [3.05, 3.63) is 291 Å². The number of pyridine rings is 2. The normalized spacial score (nSPS) is 11.9. The van der Waals surface area contributed by atoms with Gasteiger partial charge in [0.2, 0.25) is 0 Å². The largest absolute Gasteiger partial charge is 0.305 e. The summed E-state index contributed by atoms with van der Waals surface area (Å²) < 4.78 is 9.90. The van der Waals surface area contributed by atoms with E-state index in [-0.39, 0.29) is 0 Å². The third-order valence-electron chi connectivity index (χ3n) is 16.7. The first-order valence-corrected chi connectivity index (χ1v) is 28.0. The van der Waals surface area contributed by atoms with E-state index in [0.29, 0.717) is 0 Å². The highest BCUT2D eigenvalue weighted by Crippen LogP contribution is 2.49. The first kappa shape index (κ1) is 45.9. The van der Waals surface area contributed by atoms with Gasteiger partial charge in [0.15, 0.2) is 11.6 Å². The van der Waals surface area contributed by atoms with Crippen molar-refractivity contribution in [2.24, 2.45) is 0 Å². The predicted octanol–water partition coefficient (Wildman–Crippen LogP) is 19.5. The summed E-state index contributed by atoms with van der Waals surface area (Å²) in [5.41, 5.74) is 18.6. The summed E-state index contributed by atoms with van der Waals surface area (Å²) in [6, 6.07) is 106. The van der Waals surface area contributed by atoms with E-state index >= 15 is 0 Å². The zero-order valence-electron chi connectivity index (χ0n) is 44.4. The van der Waals surface area contributed by atoms with Gasteiger partial charge in [0.05, 0.1) is 55.5 Å². The molecule has 0 saturated carbocycles. The van der Waals surface area contributed by atoms with Crippen molar-refractivity contribution < 1.29 is 0 Å². The molecule has 6 aromatic heterocycles. The molecule has 382 valence electrons. The van der Waals surface area contributed by atoms with Crippen molar-refractivity contribution >= 4 is 87.2 Å². The molecule has 0 aliphatic rings. The molecule has 0 atom stereocenters. The van der Waals surface area contributed by atoms with Gasteiger partial charge in [-0.15, -0.1) is 0 Å². The minimum absolute atomic E-state index is 0.798. The number of hydrogen-bond acceptors (Lipinski definition) is 2. The third kappa shape index (κ3) is 6.88. The van der Waals surface area contributed by atoms with Crippen LogP contribution in [0.4, 0.5) is 0 Å². The average Bonchev–Trinajstić information content (AvgIpc) is 4.44. The Morgan fingerprint density at radius 1 is 0.195 bits per heavy atom. The van der Waals surface area contributed by atoms with E-state index < -0.39 is 0 Å². The molecule has 0 aliphatic carbocycles. The van der Waals surface area contributed by atoms with Crippen molar-refractivity contribution in [2.45, 2.75) is 0 Å². The van der Waals surface area contributed by atoms with Gasteiger partial charge in [0.25, 0.3) is 0 Å². The maximum Gasteiger partial charge on any atom is 0.165 e. The molecule has 11 aromatic carbocycles. The van der Waals surface area contributed by atoms with Gasteiger partial charge in [-0.25, -0.2) is 9.97 Å². The molecule has 0 spiro atoms. The monoisotopic (exact) mass is 1040 g/mol. The molecular formula is C76H48N6. The van der Waals surface area contributed by atoms with E-state index in [1.165, 1.54) is 0 Å². The Bertz CT molecular complexity index is 4890. The standard InChI is InChI=1S/C76H48N6/c1-3-24-49(25-4-1)62-47-53(48-63(77-62)50-26-5-2-6-27-50)51-28-23-29-52(46-51)72-73(79-64-38-15-7-30-54(64)55-31-8-16-39-65(55)79)75(81-68-42-19-11-34-58(68)59-35-12-20-43-69(59)81)78-76(82-70-44-21-13-36-60(70)61-37-14-22-45-71(61)82)74(72)80-66-40-17-9-32-56(66)57-33-10-18-41-67(57)80/h1-48H. The van der Waals surface area contributed by atoms with E-state index in [4.69, 9.17) is 9.97 Å². The number of aromatic nitrogens is 6. The summed E-state index contributed by atoms with van der Waals surface area (Å²) in [5.74, 6) is 1.60. The van der Waals surface area contributed by atoms with Crippen molar-refractivity contribution in [3.8, 4) is 67.8 Å². The molecule has 0 N–H and O–H groups in total. The molecular weight excluding hydrogens is 997 g/mol. The molecule has 82 heavy (non-hydrogen) atoms. The number of benzene rings is 11. The summed E-state index contributed by atoms with van der Waals surface area (Å²) in [7, 11) is 0. The number of hydrogen-bond donors (Lipinski definition) is 0. The first-order chi connectivity index (χ1) is 40.7. The Kier molecular flexibility index (Phi) is 10.2. The summed E-state index contributed by atoms with van der Waals surface area (Å²) in [4.78, 5) is 11.8. The lowest BCUT2D eigenvalue weighted by Crippen LogP contribution is -2.16. The van der Waals surface area contributed by atoms with Gasteiger partial charge in [-0.3, -0.25) is 9.13 Å². The smallest absolute Gasteiger partial charge is 0.165 e. The van der Waals surface area contributed by atoms with Gasteiger partial charge in [-0.1, -0.05) is 224 Å². The van der Waals surface area contributed by atoms with Crippen LogP contribution < -0.4 is 0 Å². The topological polar surface area (TPSA) is 45.5 Å². The maximum absolute atomic E-state index is 6.43. The summed E-state index contributed by atoms with van der Waals surface area (Å²) in [6.45, 7) is 0. The maximum atomic E-state index is 6.43. The molecule has 0 unspecified atom stereocenters. The van der Waals surface area contributed by atoms with Crippen molar-refractivity contribution in [3.63, 3.8) is 0 Å². The van der Waals surface area contributed by atoms with Crippen LogP contribution in [0, 0.1) is 0 Å². The minimum atomic E-state index is 0.798. The minimum Gasteiger partial charge on any atom is -0.305 e. The average molecular weight is 1050 g/mol. The van der Waals surface area contributed by atoms with E-state index in [0.717, 1.165) is 155 Å². The molecule has 0 fully saturated rings. The van der Waals surface area contributed by atoms with Crippen molar-refractivity contribution in [2.75, 3.05) is 0 Å². The second kappa shape index (κ2) is 18.2. The summed E-state index contributed by atoms with van der Waals surface area (Å²) >= 11 is 0. The van der Waals surface area contributed by atoms with Crippen LogP contribution in [0.1, 0.15) is 0 Å². The van der Waals surface area contributed by atoms with E-state index in [2.05, 4.69) is 309 Å². The quantitative estimate of drug-likeness (QED) is 0.152. The third-order valence-corrected chi connectivity index (χ3v) is 16.7. The van der Waals surface area contributed by atoms with Crippen LogP contribution in [0.15, 0.2) is 291 Å². The zero-order valence-corrected chi connectivity index (χ0v) is 44.4. The number of fused-ring (bicyclic) bond motifs is 12. The van der Waals surface area contributed by atoms with E-state index in [9.17, 15) is 0 Å². The highest BCUT2D eigenvalue weighted by Gasteiger charge is 2.32. The van der Waals surface area contributed by atoms with Crippen LogP contribution in [-0.4, -0.2) is 28.2 Å². The second-order valence-corrected chi connectivity index (χ2v) is 21.2. The lowest BCUT2D eigenvalue weighted by Gasteiger charge is -2.27. The fraction of sp³-hybridized carbons (Fsp3) is 0. The number of nitrogens with zero attached hydrogens (tertiary/aromatic N) is 6. The SMILES string of the molecule is c1ccc(-c2cc(-c3cccc(-c4c(-n5c6ccccc6c6ccccc65)c(-n5c6ccccc6c6ccccc65)nc(-n5c6ccccc6c6ccccc65)c4-n4c5ccccc5c5ccccc54)c3)cc(-c3ccccc3)n2)cc1. The Labute approximate surface area is 471 Å². The molecule has 17 aromatic rings. The molecule has 0 bridgehead atoms. The van der Waals surface area contributed by atoms with Crippen LogP contribution >= 0.6 is 0 Å². The Balaban J connectivity index is 1.13. The first-order valence-electron chi connectivity index (χ1n) is 28.0. The molecule has 6 heteroatoms.